The largest absolute Gasteiger partial charge is 0.0885 e. The third kappa shape index (κ3) is 7.38. The standard InChI is InChI=1S/C11H20/c1-4-6-7-8-9-10-11(3)5-2/h6-7,9-11H,4-5,8H2,1-3H3. The van der Waals surface area contributed by atoms with Crippen molar-refractivity contribution in [1.29, 1.82) is 0 Å². The molecule has 0 aromatic heterocycles. The van der Waals surface area contributed by atoms with E-state index in [1.54, 1.807) is 0 Å². The summed E-state index contributed by atoms with van der Waals surface area (Å²) in [6, 6.07) is 0. The number of hydrogen-bond donors (Lipinski definition) is 0. The summed E-state index contributed by atoms with van der Waals surface area (Å²) in [5, 5.41) is 0. The molecule has 0 spiro atoms. The van der Waals surface area contributed by atoms with Gasteiger partial charge in [0.25, 0.3) is 0 Å². The van der Waals surface area contributed by atoms with Gasteiger partial charge in [-0.1, -0.05) is 51.5 Å². The molecule has 0 N–H and O–H groups in total. The Morgan fingerprint density at radius 1 is 1.09 bits per heavy atom. The van der Waals surface area contributed by atoms with E-state index in [9.17, 15) is 0 Å². The average Bonchev–Trinajstić information content (AvgIpc) is 2.04. The molecule has 0 saturated carbocycles. The van der Waals surface area contributed by atoms with Crippen molar-refractivity contribution in [3.8, 4) is 0 Å². The third-order valence-corrected chi connectivity index (χ3v) is 1.78. The molecule has 0 radical (unpaired) electrons. The van der Waals surface area contributed by atoms with Gasteiger partial charge in [0.15, 0.2) is 0 Å². The molecular weight excluding hydrogens is 132 g/mol. The highest BCUT2D eigenvalue weighted by atomic mass is 13.9. The molecule has 0 aliphatic heterocycles. The van der Waals surface area contributed by atoms with Crippen LogP contribution in [0.4, 0.5) is 0 Å². The molecule has 0 heterocycles. The van der Waals surface area contributed by atoms with Gasteiger partial charge >= 0.3 is 0 Å². The fourth-order valence-electron chi connectivity index (χ4n) is 0.788. The molecule has 0 rings (SSSR count). The molecule has 0 saturated heterocycles. The molecule has 64 valence electrons. The zero-order chi connectivity index (χ0) is 8.53. The molecule has 11 heavy (non-hydrogen) atoms. The van der Waals surface area contributed by atoms with Crippen LogP contribution in [-0.4, -0.2) is 0 Å². The van der Waals surface area contributed by atoms with E-state index in [0.29, 0.717) is 0 Å². The van der Waals surface area contributed by atoms with Crippen LogP contribution in [0.1, 0.15) is 40.0 Å². The minimum atomic E-state index is 0.741. The van der Waals surface area contributed by atoms with E-state index in [1.165, 1.54) is 6.42 Å². The first-order chi connectivity index (χ1) is 5.31. The summed E-state index contributed by atoms with van der Waals surface area (Å²) in [7, 11) is 0. The lowest BCUT2D eigenvalue weighted by molar-refractivity contribution is 0.696. The van der Waals surface area contributed by atoms with Crippen molar-refractivity contribution in [1.82, 2.24) is 0 Å². The summed E-state index contributed by atoms with van der Waals surface area (Å²) in [6.45, 7) is 6.63. The molecule has 0 aromatic carbocycles. The van der Waals surface area contributed by atoms with E-state index in [-0.39, 0.29) is 0 Å². The molecular formula is C11H20. The highest BCUT2D eigenvalue weighted by molar-refractivity contribution is 4.93. The van der Waals surface area contributed by atoms with Gasteiger partial charge in [0.1, 0.15) is 0 Å². The first kappa shape index (κ1) is 10.5. The minimum Gasteiger partial charge on any atom is -0.0885 e. The van der Waals surface area contributed by atoms with Gasteiger partial charge in [-0.15, -0.1) is 0 Å². The topological polar surface area (TPSA) is 0 Å². The van der Waals surface area contributed by atoms with E-state index in [1.807, 2.05) is 0 Å². The maximum atomic E-state index is 2.29. The molecule has 1 atom stereocenters. The third-order valence-electron chi connectivity index (χ3n) is 1.78. The molecule has 0 bridgehead atoms. The first-order valence-corrected chi connectivity index (χ1v) is 4.62. The Balaban J connectivity index is 3.36. The van der Waals surface area contributed by atoms with Crippen LogP contribution in [0.3, 0.4) is 0 Å². The predicted molar refractivity (Wildman–Crippen MR) is 52.6 cm³/mol. The van der Waals surface area contributed by atoms with Crippen LogP contribution < -0.4 is 0 Å². The highest BCUT2D eigenvalue weighted by Gasteiger charge is 1.87. The lowest BCUT2D eigenvalue weighted by atomic mass is 10.1. The maximum absolute atomic E-state index is 2.29. The second-order valence-corrected chi connectivity index (χ2v) is 2.93. The molecule has 0 aliphatic rings. The number of rotatable bonds is 5. The van der Waals surface area contributed by atoms with E-state index < -0.39 is 0 Å². The van der Waals surface area contributed by atoms with Gasteiger partial charge in [0.2, 0.25) is 0 Å². The Morgan fingerprint density at radius 2 is 1.82 bits per heavy atom. The second kappa shape index (κ2) is 7.59. The molecule has 0 aliphatic carbocycles. The predicted octanol–water partition coefficient (Wildman–Crippen LogP) is 3.95. The average molecular weight is 152 g/mol. The molecule has 1 unspecified atom stereocenters. The highest BCUT2D eigenvalue weighted by Crippen LogP contribution is 2.02. The van der Waals surface area contributed by atoms with Crippen LogP contribution in [0.25, 0.3) is 0 Å². The quantitative estimate of drug-likeness (QED) is 0.523. The zero-order valence-electron chi connectivity index (χ0n) is 8.01. The normalized spacial score (nSPS) is 14.8. The van der Waals surface area contributed by atoms with E-state index in [2.05, 4.69) is 45.1 Å². The van der Waals surface area contributed by atoms with Gasteiger partial charge in [0, 0.05) is 0 Å². The number of hydrogen-bond acceptors (Lipinski definition) is 0. The van der Waals surface area contributed by atoms with Gasteiger partial charge in [-0.3, -0.25) is 0 Å². The Bertz CT molecular complexity index is 120. The Kier molecular flexibility index (Phi) is 7.23. The van der Waals surface area contributed by atoms with Gasteiger partial charge in [-0.25, -0.2) is 0 Å². The Labute approximate surface area is 71.0 Å². The van der Waals surface area contributed by atoms with Crippen molar-refractivity contribution in [2.75, 3.05) is 0 Å². The van der Waals surface area contributed by atoms with Crippen molar-refractivity contribution < 1.29 is 0 Å². The molecule has 0 nitrogen and oxygen atoms in total. The minimum absolute atomic E-state index is 0.741. The molecule has 0 aromatic rings. The second-order valence-electron chi connectivity index (χ2n) is 2.93. The summed E-state index contributed by atoms with van der Waals surface area (Å²) in [5.74, 6) is 0.741. The Hall–Kier alpha value is -0.520. The summed E-state index contributed by atoms with van der Waals surface area (Å²) in [4.78, 5) is 0. The van der Waals surface area contributed by atoms with Gasteiger partial charge in [0.05, 0.1) is 0 Å². The fraction of sp³-hybridized carbons (Fsp3) is 0.636. The van der Waals surface area contributed by atoms with Gasteiger partial charge in [-0.05, 0) is 18.8 Å². The van der Waals surface area contributed by atoms with E-state index in [0.717, 1.165) is 18.8 Å². The van der Waals surface area contributed by atoms with Gasteiger partial charge in [-0.2, -0.15) is 0 Å². The van der Waals surface area contributed by atoms with Crippen LogP contribution >= 0.6 is 0 Å². The number of allylic oxidation sites excluding steroid dienone is 4. The lowest BCUT2D eigenvalue weighted by Gasteiger charge is -1.97. The summed E-state index contributed by atoms with van der Waals surface area (Å²) in [6.07, 6.45) is 12.5. The summed E-state index contributed by atoms with van der Waals surface area (Å²) in [5.41, 5.74) is 0. The van der Waals surface area contributed by atoms with Crippen molar-refractivity contribution in [3.05, 3.63) is 24.3 Å². The molecule has 0 amide bonds. The molecule has 0 fully saturated rings. The van der Waals surface area contributed by atoms with Crippen molar-refractivity contribution in [3.63, 3.8) is 0 Å². The zero-order valence-corrected chi connectivity index (χ0v) is 8.01. The van der Waals surface area contributed by atoms with Crippen molar-refractivity contribution in [2.24, 2.45) is 5.92 Å². The van der Waals surface area contributed by atoms with Crippen molar-refractivity contribution >= 4 is 0 Å². The van der Waals surface area contributed by atoms with Crippen LogP contribution in [0.2, 0.25) is 0 Å². The Morgan fingerprint density at radius 3 is 2.36 bits per heavy atom. The molecule has 0 heteroatoms. The van der Waals surface area contributed by atoms with Crippen LogP contribution in [0.5, 0.6) is 0 Å². The lowest BCUT2D eigenvalue weighted by Crippen LogP contribution is -1.82. The van der Waals surface area contributed by atoms with Crippen molar-refractivity contribution in [2.45, 2.75) is 40.0 Å². The van der Waals surface area contributed by atoms with Crippen LogP contribution in [0, 0.1) is 5.92 Å². The SMILES string of the molecule is CCC=CCC=CC(C)CC. The smallest absolute Gasteiger partial charge is 0.0169 e. The van der Waals surface area contributed by atoms with E-state index >= 15 is 0 Å². The van der Waals surface area contributed by atoms with Gasteiger partial charge < -0.3 is 0 Å². The van der Waals surface area contributed by atoms with Crippen LogP contribution in [0.15, 0.2) is 24.3 Å². The monoisotopic (exact) mass is 152 g/mol. The maximum Gasteiger partial charge on any atom is -0.0169 e. The van der Waals surface area contributed by atoms with Crippen LogP contribution in [-0.2, 0) is 0 Å². The summed E-state index contributed by atoms with van der Waals surface area (Å²) < 4.78 is 0. The van der Waals surface area contributed by atoms with E-state index in [4.69, 9.17) is 0 Å². The fourth-order valence-corrected chi connectivity index (χ4v) is 0.788. The summed E-state index contributed by atoms with van der Waals surface area (Å²) >= 11 is 0. The first-order valence-electron chi connectivity index (χ1n) is 4.62.